The lowest BCUT2D eigenvalue weighted by atomic mass is 9.88. The minimum atomic E-state index is -0.516. The van der Waals surface area contributed by atoms with Crippen LogP contribution < -0.4 is 4.74 Å². The molecular formula is C15H24N2O2. The van der Waals surface area contributed by atoms with E-state index in [0.29, 0.717) is 11.3 Å². The summed E-state index contributed by atoms with van der Waals surface area (Å²) in [5.74, 6) is 0.708. The van der Waals surface area contributed by atoms with Crippen LogP contribution in [-0.2, 0) is 0 Å². The lowest BCUT2D eigenvalue weighted by Gasteiger charge is -2.34. The summed E-state index contributed by atoms with van der Waals surface area (Å²) >= 11 is 0. The lowest BCUT2D eigenvalue weighted by Crippen LogP contribution is -2.48. The Bertz CT molecular complexity index is 444. The molecule has 1 heterocycles. The van der Waals surface area contributed by atoms with E-state index in [1.165, 1.54) is 0 Å². The fourth-order valence-electron chi connectivity index (χ4n) is 1.87. The van der Waals surface area contributed by atoms with Crippen molar-refractivity contribution in [1.29, 1.82) is 0 Å². The van der Waals surface area contributed by atoms with Crippen molar-refractivity contribution in [2.75, 3.05) is 14.1 Å². The minimum Gasteiger partial charge on any atom is -0.489 e. The molecule has 1 unspecified atom stereocenters. The van der Waals surface area contributed by atoms with Gasteiger partial charge in [0.2, 0.25) is 0 Å². The molecule has 0 aliphatic heterocycles. The number of pyridine rings is 1. The van der Waals surface area contributed by atoms with Crippen LogP contribution in [-0.4, -0.2) is 41.4 Å². The Morgan fingerprint density at radius 3 is 2.53 bits per heavy atom. The van der Waals surface area contributed by atoms with Crippen LogP contribution in [0.2, 0.25) is 0 Å². The average Bonchev–Trinajstić information content (AvgIpc) is 2.36. The van der Waals surface area contributed by atoms with Crippen LogP contribution >= 0.6 is 0 Å². The van der Waals surface area contributed by atoms with Gasteiger partial charge in [-0.05, 0) is 47.4 Å². The molecule has 4 heteroatoms. The quantitative estimate of drug-likeness (QED) is 0.741. The zero-order chi connectivity index (χ0) is 14.6. The number of hydrogen-bond acceptors (Lipinski definition) is 4. The van der Waals surface area contributed by atoms with Crippen LogP contribution in [0.15, 0.2) is 18.5 Å². The topological polar surface area (TPSA) is 42.4 Å². The van der Waals surface area contributed by atoms with Gasteiger partial charge in [-0.15, -0.1) is 0 Å². The van der Waals surface area contributed by atoms with E-state index in [1.54, 1.807) is 18.5 Å². The lowest BCUT2D eigenvalue weighted by molar-refractivity contribution is 0.0709. The second kappa shape index (κ2) is 6.15. The zero-order valence-electron chi connectivity index (χ0n) is 12.7. The Balaban J connectivity index is 3.06. The molecule has 1 aromatic rings. The molecule has 0 saturated carbocycles. The van der Waals surface area contributed by atoms with Crippen LogP contribution in [0.1, 0.15) is 44.5 Å². The van der Waals surface area contributed by atoms with Gasteiger partial charge in [-0.1, -0.05) is 6.92 Å². The van der Waals surface area contributed by atoms with Gasteiger partial charge >= 0.3 is 0 Å². The van der Waals surface area contributed by atoms with Gasteiger partial charge < -0.3 is 4.74 Å². The SMILES string of the molecule is CCC(C)(C(=O)c1cncc(OC(C)C)c1)N(C)C. The Morgan fingerprint density at radius 2 is 2.05 bits per heavy atom. The summed E-state index contributed by atoms with van der Waals surface area (Å²) in [7, 11) is 3.84. The first kappa shape index (κ1) is 15.6. The van der Waals surface area contributed by atoms with Crippen molar-refractivity contribution in [1.82, 2.24) is 9.88 Å². The van der Waals surface area contributed by atoms with E-state index >= 15 is 0 Å². The first-order chi connectivity index (χ1) is 8.81. The van der Waals surface area contributed by atoms with E-state index in [2.05, 4.69) is 4.98 Å². The van der Waals surface area contributed by atoms with E-state index in [0.717, 1.165) is 6.42 Å². The van der Waals surface area contributed by atoms with Gasteiger partial charge in [-0.2, -0.15) is 0 Å². The molecule has 0 aliphatic carbocycles. The smallest absolute Gasteiger partial charge is 0.184 e. The maximum Gasteiger partial charge on any atom is 0.184 e. The van der Waals surface area contributed by atoms with E-state index in [4.69, 9.17) is 4.74 Å². The highest BCUT2D eigenvalue weighted by molar-refractivity contribution is 6.02. The number of hydrogen-bond donors (Lipinski definition) is 0. The highest BCUT2D eigenvalue weighted by atomic mass is 16.5. The number of Topliss-reactive ketones (excluding diaryl/α,β-unsaturated/α-hetero) is 1. The first-order valence-electron chi connectivity index (χ1n) is 6.65. The van der Waals surface area contributed by atoms with Crippen molar-refractivity contribution >= 4 is 5.78 Å². The van der Waals surface area contributed by atoms with Gasteiger partial charge in [0, 0.05) is 11.8 Å². The van der Waals surface area contributed by atoms with Gasteiger partial charge in [0.25, 0.3) is 0 Å². The molecule has 4 nitrogen and oxygen atoms in total. The number of carbonyl (C=O) groups is 1. The molecule has 19 heavy (non-hydrogen) atoms. The molecule has 1 aromatic heterocycles. The summed E-state index contributed by atoms with van der Waals surface area (Å²) in [4.78, 5) is 18.7. The molecule has 0 bridgehead atoms. The van der Waals surface area contributed by atoms with E-state index in [1.807, 2.05) is 46.7 Å². The molecule has 106 valence electrons. The summed E-state index contributed by atoms with van der Waals surface area (Å²) in [5, 5.41) is 0. The molecule has 1 rings (SSSR count). The van der Waals surface area contributed by atoms with Gasteiger partial charge in [-0.3, -0.25) is 14.7 Å². The highest BCUT2D eigenvalue weighted by Gasteiger charge is 2.34. The fraction of sp³-hybridized carbons (Fsp3) is 0.600. The summed E-state index contributed by atoms with van der Waals surface area (Å²) < 4.78 is 5.58. The molecule has 0 radical (unpaired) electrons. The predicted molar refractivity (Wildman–Crippen MR) is 76.7 cm³/mol. The van der Waals surface area contributed by atoms with Crippen LogP contribution in [0.25, 0.3) is 0 Å². The molecule has 0 saturated heterocycles. The van der Waals surface area contributed by atoms with Crippen molar-refractivity contribution in [3.05, 3.63) is 24.0 Å². The van der Waals surface area contributed by atoms with Gasteiger partial charge in [0.15, 0.2) is 5.78 Å². The second-order valence-electron chi connectivity index (χ2n) is 5.43. The Kier molecular flexibility index (Phi) is 5.06. The first-order valence-corrected chi connectivity index (χ1v) is 6.65. The highest BCUT2D eigenvalue weighted by Crippen LogP contribution is 2.24. The summed E-state index contributed by atoms with van der Waals surface area (Å²) in [6, 6.07) is 1.77. The number of ether oxygens (including phenoxy) is 1. The normalized spacial score (nSPS) is 14.5. The van der Waals surface area contributed by atoms with E-state index in [9.17, 15) is 4.79 Å². The number of ketones is 1. The monoisotopic (exact) mass is 264 g/mol. The van der Waals surface area contributed by atoms with Crippen molar-refractivity contribution in [2.45, 2.75) is 45.8 Å². The van der Waals surface area contributed by atoms with Crippen molar-refractivity contribution in [3.63, 3.8) is 0 Å². The van der Waals surface area contributed by atoms with Crippen molar-refractivity contribution in [3.8, 4) is 5.75 Å². The Hall–Kier alpha value is -1.42. The second-order valence-corrected chi connectivity index (χ2v) is 5.43. The Morgan fingerprint density at radius 1 is 1.42 bits per heavy atom. The number of rotatable bonds is 6. The molecule has 0 fully saturated rings. The number of carbonyl (C=O) groups excluding carboxylic acids is 1. The summed E-state index contributed by atoms with van der Waals surface area (Å²) in [6.07, 6.45) is 4.05. The minimum absolute atomic E-state index is 0.0681. The van der Waals surface area contributed by atoms with Crippen LogP contribution in [0.4, 0.5) is 0 Å². The standard InChI is InChI=1S/C15H24N2O2/c1-7-15(4,17(5)6)14(18)12-8-13(10-16-9-12)19-11(2)3/h8-11H,7H2,1-6H3. The molecule has 0 spiro atoms. The molecule has 0 aromatic carbocycles. The van der Waals surface area contributed by atoms with Gasteiger partial charge in [0.1, 0.15) is 5.75 Å². The van der Waals surface area contributed by atoms with Crippen LogP contribution in [0, 0.1) is 0 Å². The number of nitrogens with zero attached hydrogens (tertiary/aromatic N) is 2. The number of likely N-dealkylation sites (N-methyl/N-ethyl adjacent to an activating group) is 1. The van der Waals surface area contributed by atoms with Crippen LogP contribution in [0.3, 0.4) is 0 Å². The molecule has 0 N–H and O–H groups in total. The molecule has 0 amide bonds. The fourth-order valence-corrected chi connectivity index (χ4v) is 1.87. The maximum absolute atomic E-state index is 12.6. The predicted octanol–water partition coefficient (Wildman–Crippen LogP) is 2.78. The average molecular weight is 264 g/mol. The molecule has 0 aliphatic rings. The van der Waals surface area contributed by atoms with Gasteiger partial charge in [0.05, 0.1) is 17.8 Å². The third-order valence-corrected chi connectivity index (χ3v) is 3.51. The summed E-state index contributed by atoms with van der Waals surface area (Å²) in [6.45, 7) is 7.86. The van der Waals surface area contributed by atoms with Crippen LogP contribution in [0.5, 0.6) is 5.75 Å². The third-order valence-electron chi connectivity index (χ3n) is 3.51. The summed E-state index contributed by atoms with van der Waals surface area (Å²) in [5.41, 5.74) is 0.0780. The molecular weight excluding hydrogens is 240 g/mol. The van der Waals surface area contributed by atoms with Gasteiger partial charge in [-0.25, -0.2) is 0 Å². The van der Waals surface area contributed by atoms with E-state index in [-0.39, 0.29) is 11.9 Å². The third kappa shape index (κ3) is 3.53. The number of aromatic nitrogens is 1. The Labute approximate surface area is 115 Å². The zero-order valence-corrected chi connectivity index (χ0v) is 12.7. The molecule has 1 atom stereocenters. The van der Waals surface area contributed by atoms with Crippen molar-refractivity contribution in [2.24, 2.45) is 0 Å². The van der Waals surface area contributed by atoms with Crippen molar-refractivity contribution < 1.29 is 9.53 Å². The maximum atomic E-state index is 12.6. The van der Waals surface area contributed by atoms with E-state index < -0.39 is 5.54 Å². The largest absolute Gasteiger partial charge is 0.489 e.